The van der Waals surface area contributed by atoms with Gasteiger partial charge in [-0.3, -0.25) is 4.79 Å². The van der Waals surface area contributed by atoms with Gasteiger partial charge >= 0.3 is 0 Å². The summed E-state index contributed by atoms with van der Waals surface area (Å²) in [6, 6.07) is 5.42. The van der Waals surface area contributed by atoms with E-state index in [0.717, 1.165) is 13.1 Å². The molecule has 1 aromatic heterocycles. The number of hydrogen-bond acceptors (Lipinski definition) is 5. The number of fused-ring (bicyclic) bond motifs is 1. The molecule has 24 heavy (non-hydrogen) atoms. The number of ether oxygens (including phenoxy) is 1. The molecule has 1 aromatic carbocycles. The third-order valence-corrected chi connectivity index (χ3v) is 5.29. The van der Waals surface area contributed by atoms with Crippen molar-refractivity contribution in [2.45, 2.75) is 25.7 Å². The van der Waals surface area contributed by atoms with E-state index in [0.29, 0.717) is 28.8 Å². The lowest BCUT2D eigenvalue weighted by Crippen LogP contribution is -2.29. The second-order valence-electron chi connectivity index (χ2n) is 6.66. The molecule has 1 saturated heterocycles. The number of tetrazole rings is 1. The van der Waals surface area contributed by atoms with Crippen LogP contribution in [0, 0.1) is 11.8 Å². The number of carbonyl (C=O) groups excluding carboxylic acids is 1. The molecule has 1 saturated carbocycles. The smallest absolute Gasteiger partial charge is 0.253 e. The van der Waals surface area contributed by atoms with Gasteiger partial charge in [-0.15, -0.1) is 5.10 Å². The highest BCUT2D eigenvalue weighted by molar-refractivity contribution is 5.95. The lowest BCUT2D eigenvalue weighted by Gasteiger charge is -2.22. The minimum absolute atomic E-state index is 0.0846. The molecule has 2 heterocycles. The number of aromatic nitrogens is 4. The average molecular weight is 327 g/mol. The molecule has 126 valence electrons. The minimum Gasteiger partial charge on any atom is -0.494 e. The summed E-state index contributed by atoms with van der Waals surface area (Å²) in [5, 5.41) is 11.2. The van der Waals surface area contributed by atoms with Crippen LogP contribution in [0.1, 0.15) is 36.0 Å². The van der Waals surface area contributed by atoms with Gasteiger partial charge in [0.2, 0.25) is 0 Å². The van der Waals surface area contributed by atoms with E-state index in [1.807, 2.05) is 11.0 Å². The summed E-state index contributed by atoms with van der Waals surface area (Å²) in [5.74, 6) is 2.08. The summed E-state index contributed by atoms with van der Waals surface area (Å²) in [7, 11) is 1.59. The van der Waals surface area contributed by atoms with Crippen LogP contribution in [0.4, 0.5) is 0 Å². The van der Waals surface area contributed by atoms with Gasteiger partial charge in [-0.1, -0.05) is 12.8 Å². The third kappa shape index (κ3) is 2.64. The fraction of sp³-hybridized carbons (Fsp3) is 0.529. The van der Waals surface area contributed by atoms with E-state index in [2.05, 4.69) is 15.5 Å². The summed E-state index contributed by atoms with van der Waals surface area (Å²) in [6.07, 6.45) is 6.61. The molecule has 1 aliphatic heterocycles. The van der Waals surface area contributed by atoms with Crippen molar-refractivity contribution in [3.05, 3.63) is 30.1 Å². The molecular formula is C17H21N5O2. The Bertz CT molecular complexity index is 717. The first-order chi connectivity index (χ1) is 11.8. The van der Waals surface area contributed by atoms with Crippen LogP contribution in [0.2, 0.25) is 0 Å². The number of rotatable bonds is 3. The van der Waals surface area contributed by atoms with Crippen molar-refractivity contribution in [3.8, 4) is 11.4 Å². The van der Waals surface area contributed by atoms with Crippen LogP contribution in [0.15, 0.2) is 24.5 Å². The van der Waals surface area contributed by atoms with Gasteiger partial charge in [0, 0.05) is 18.7 Å². The van der Waals surface area contributed by atoms with Crippen LogP contribution < -0.4 is 4.74 Å². The molecule has 1 aliphatic carbocycles. The maximum atomic E-state index is 12.9. The number of methoxy groups -OCH3 is 1. The van der Waals surface area contributed by atoms with Crippen molar-refractivity contribution in [1.82, 2.24) is 25.1 Å². The van der Waals surface area contributed by atoms with Gasteiger partial charge in [0.1, 0.15) is 17.8 Å². The van der Waals surface area contributed by atoms with Crippen LogP contribution in [0.3, 0.4) is 0 Å². The molecule has 0 bridgehead atoms. The molecule has 0 spiro atoms. The van der Waals surface area contributed by atoms with Gasteiger partial charge in [-0.05, 0) is 53.3 Å². The summed E-state index contributed by atoms with van der Waals surface area (Å²) in [6.45, 7) is 1.77. The van der Waals surface area contributed by atoms with Crippen molar-refractivity contribution >= 4 is 5.91 Å². The normalized spacial score (nSPS) is 23.1. The van der Waals surface area contributed by atoms with Gasteiger partial charge in [-0.2, -0.15) is 4.68 Å². The molecular weight excluding hydrogens is 306 g/mol. The van der Waals surface area contributed by atoms with Crippen molar-refractivity contribution in [3.63, 3.8) is 0 Å². The van der Waals surface area contributed by atoms with Crippen LogP contribution in [0.5, 0.6) is 5.75 Å². The summed E-state index contributed by atoms with van der Waals surface area (Å²) < 4.78 is 6.88. The molecule has 4 rings (SSSR count). The number of benzene rings is 1. The zero-order valence-corrected chi connectivity index (χ0v) is 13.8. The molecule has 1 amide bonds. The summed E-state index contributed by atoms with van der Waals surface area (Å²) >= 11 is 0. The number of likely N-dealkylation sites (tertiary alicyclic amines) is 1. The highest BCUT2D eigenvalue weighted by atomic mass is 16.5. The maximum Gasteiger partial charge on any atom is 0.253 e. The first kappa shape index (κ1) is 15.1. The van der Waals surface area contributed by atoms with E-state index in [4.69, 9.17) is 4.74 Å². The van der Waals surface area contributed by atoms with E-state index in [9.17, 15) is 4.79 Å². The van der Waals surface area contributed by atoms with Gasteiger partial charge in [0.25, 0.3) is 5.91 Å². The number of nitrogens with zero attached hydrogens (tertiary/aromatic N) is 5. The molecule has 2 unspecified atom stereocenters. The fourth-order valence-electron chi connectivity index (χ4n) is 4.03. The molecule has 2 aliphatic rings. The minimum atomic E-state index is 0.0846. The summed E-state index contributed by atoms with van der Waals surface area (Å²) in [4.78, 5) is 14.9. The van der Waals surface area contributed by atoms with Gasteiger partial charge in [0.05, 0.1) is 7.11 Å². The SMILES string of the molecule is COc1ccc(C(=O)N2CC3CCCCC3C2)cc1-n1cnnn1. The zero-order valence-electron chi connectivity index (χ0n) is 13.8. The second kappa shape index (κ2) is 6.22. The Morgan fingerprint density at radius 2 is 1.96 bits per heavy atom. The lowest BCUT2D eigenvalue weighted by atomic mass is 9.82. The molecule has 2 fully saturated rings. The molecule has 2 atom stereocenters. The quantitative estimate of drug-likeness (QED) is 0.861. The van der Waals surface area contributed by atoms with E-state index in [-0.39, 0.29) is 5.91 Å². The van der Waals surface area contributed by atoms with Crippen LogP contribution in [-0.2, 0) is 0 Å². The van der Waals surface area contributed by atoms with E-state index < -0.39 is 0 Å². The van der Waals surface area contributed by atoms with Crippen molar-refractivity contribution < 1.29 is 9.53 Å². The van der Waals surface area contributed by atoms with Crippen molar-refractivity contribution in [2.75, 3.05) is 20.2 Å². The number of carbonyl (C=O) groups is 1. The molecule has 7 nitrogen and oxygen atoms in total. The predicted molar refractivity (Wildman–Crippen MR) is 87.1 cm³/mol. The number of hydrogen-bond donors (Lipinski definition) is 0. The topological polar surface area (TPSA) is 73.1 Å². The Morgan fingerprint density at radius 3 is 2.58 bits per heavy atom. The van der Waals surface area contributed by atoms with Gasteiger partial charge < -0.3 is 9.64 Å². The van der Waals surface area contributed by atoms with E-state index >= 15 is 0 Å². The largest absolute Gasteiger partial charge is 0.494 e. The lowest BCUT2D eigenvalue weighted by molar-refractivity contribution is 0.0784. The van der Waals surface area contributed by atoms with E-state index in [1.54, 1.807) is 19.2 Å². The van der Waals surface area contributed by atoms with Crippen LogP contribution in [0.25, 0.3) is 5.69 Å². The van der Waals surface area contributed by atoms with Crippen LogP contribution >= 0.6 is 0 Å². The second-order valence-corrected chi connectivity index (χ2v) is 6.66. The van der Waals surface area contributed by atoms with Crippen molar-refractivity contribution in [2.24, 2.45) is 11.8 Å². The Balaban J connectivity index is 1.60. The Morgan fingerprint density at radius 1 is 1.21 bits per heavy atom. The third-order valence-electron chi connectivity index (χ3n) is 5.29. The Kier molecular flexibility index (Phi) is 3.92. The molecule has 2 aromatic rings. The Hall–Kier alpha value is -2.44. The van der Waals surface area contributed by atoms with Gasteiger partial charge in [0.15, 0.2) is 0 Å². The fourth-order valence-corrected chi connectivity index (χ4v) is 4.03. The van der Waals surface area contributed by atoms with Crippen LogP contribution in [-0.4, -0.2) is 51.2 Å². The first-order valence-corrected chi connectivity index (χ1v) is 8.47. The molecule has 0 N–H and O–H groups in total. The van der Waals surface area contributed by atoms with E-state index in [1.165, 1.54) is 36.7 Å². The zero-order chi connectivity index (χ0) is 16.5. The first-order valence-electron chi connectivity index (χ1n) is 8.47. The monoisotopic (exact) mass is 327 g/mol. The average Bonchev–Trinajstić information content (AvgIpc) is 3.29. The standard InChI is InChI=1S/C17H21N5O2/c1-24-16-7-6-12(8-15(16)22-11-18-19-20-22)17(23)21-9-13-4-2-3-5-14(13)10-21/h6-8,11,13-14H,2-5,9-10H2,1H3. The molecule has 0 radical (unpaired) electrons. The number of amides is 1. The maximum absolute atomic E-state index is 12.9. The predicted octanol–water partition coefficient (Wildman–Crippen LogP) is 1.93. The summed E-state index contributed by atoms with van der Waals surface area (Å²) in [5.41, 5.74) is 1.32. The molecule has 7 heteroatoms. The van der Waals surface area contributed by atoms with Gasteiger partial charge in [-0.25, -0.2) is 0 Å². The highest BCUT2D eigenvalue weighted by Gasteiger charge is 2.36. The Labute approximate surface area is 140 Å². The highest BCUT2D eigenvalue weighted by Crippen LogP contribution is 2.36. The van der Waals surface area contributed by atoms with Crippen molar-refractivity contribution in [1.29, 1.82) is 0 Å².